The minimum Gasteiger partial charge on any atom is -0.353 e. The Bertz CT molecular complexity index is 575. The van der Waals surface area contributed by atoms with Crippen molar-refractivity contribution in [2.24, 2.45) is 5.73 Å². The van der Waals surface area contributed by atoms with Crippen LogP contribution < -0.4 is 11.1 Å². The second kappa shape index (κ2) is 7.71. The molecule has 0 saturated carbocycles. The van der Waals surface area contributed by atoms with Gasteiger partial charge in [0.05, 0.1) is 17.5 Å². The molecule has 1 atom stereocenters. The third kappa shape index (κ3) is 5.40. The standard InChI is InChI=1S/C15H23N3O3S/c16-14(12-13-4-2-1-3-5-13)15(19)17-6-7-18-8-10-22(20,21)11-9-18/h1-5,14H,6-12,16H2,(H,17,19). The molecule has 1 unspecified atom stereocenters. The van der Waals surface area contributed by atoms with E-state index < -0.39 is 15.9 Å². The number of nitrogens with two attached hydrogens (primary N) is 1. The topological polar surface area (TPSA) is 92.5 Å². The number of carbonyl (C=O) groups is 1. The molecule has 2 rings (SSSR count). The maximum atomic E-state index is 11.9. The summed E-state index contributed by atoms with van der Waals surface area (Å²) in [5.41, 5.74) is 6.93. The molecule has 0 bridgehead atoms. The Labute approximate surface area is 131 Å². The van der Waals surface area contributed by atoms with E-state index in [1.165, 1.54) is 0 Å². The molecular weight excluding hydrogens is 302 g/mol. The molecule has 0 spiro atoms. The Morgan fingerprint density at radius 3 is 2.50 bits per heavy atom. The quantitative estimate of drug-likeness (QED) is 0.729. The van der Waals surface area contributed by atoms with Gasteiger partial charge in [0.1, 0.15) is 0 Å². The van der Waals surface area contributed by atoms with E-state index in [0.29, 0.717) is 32.6 Å². The lowest BCUT2D eigenvalue weighted by Crippen LogP contribution is -2.47. The van der Waals surface area contributed by atoms with Crippen molar-refractivity contribution in [2.75, 3.05) is 37.7 Å². The summed E-state index contributed by atoms with van der Waals surface area (Å²) in [7, 11) is -2.85. The normalized spacial score (nSPS) is 19.5. The largest absolute Gasteiger partial charge is 0.353 e. The van der Waals surface area contributed by atoms with Crippen LogP contribution in [0, 0.1) is 0 Å². The van der Waals surface area contributed by atoms with E-state index in [9.17, 15) is 13.2 Å². The summed E-state index contributed by atoms with van der Waals surface area (Å²) >= 11 is 0. The van der Waals surface area contributed by atoms with Gasteiger partial charge < -0.3 is 11.1 Å². The lowest BCUT2D eigenvalue weighted by molar-refractivity contribution is -0.122. The lowest BCUT2D eigenvalue weighted by Gasteiger charge is -2.26. The summed E-state index contributed by atoms with van der Waals surface area (Å²) in [6.07, 6.45) is 0.509. The molecule has 3 N–H and O–H groups in total. The molecule has 1 saturated heterocycles. The molecule has 1 amide bonds. The van der Waals surface area contributed by atoms with E-state index in [1.807, 2.05) is 35.2 Å². The second-order valence-corrected chi connectivity index (χ2v) is 7.88. The third-order valence-electron chi connectivity index (χ3n) is 3.80. The fraction of sp³-hybridized carbons (Fsp3) is 0.533. The van der Waals surface area contributed by atoms with Gasteiger partial charge in [-0.2, -0.15) is 0 Å². The second-order valence-electron chi connectivity index (χ2n) is 5.58. The van der Waals surface area contributed by atoms with Crippen LogP contribution in [-0.4, -0.2) is 63.0 Å². The number of sulfone groups is 1. The van der Waals surface area contributed by atoms with Crippen molar-refractivity contribution in [2.45, 2.75) is 12.5 Å². The zero-order chi connectivity index (χ0) is 16.0. The Morgan fingerprint density at radius 2 is 1.86 bits per heavy atom. The molecule has 0 radical (unpaired) electrons. The molecule has 0 aromatic heterocycles. The summed E-state index contributed by atoms with van der Waals surface area (Å²) in [5, 5.41) is 2.82. The molecule has 1 aliphatic heterocycles. The van der Waals surface area contributed by atoms with Crippen LogP contribution in [0.25, 0.3) is 0 Å². The summed E-state index contributed by atoms with van der Waals surface area (Å²) in [6.45, 7) is 2.21. The predicted octanol–water partition coefficient (Wildman–Crippen LogP) is -0.597. The van der Waals surface area contributed by atoms with E-state index in [4.69, 9.17) is 5.73 Å². The van der Waals surface area contributed by atoms with E-state index in [1.54, 1.807) is 0 Å². The van der Waals surface area contributed by atoms with Gasteiger partial charge in [0.15, 0.2) is 9.84 Å². The highest BCUT2D eigenvalue weighted by molar-refractivity contribution is 7.91. The highest BCUT2D eigenvalue weighted by atomic mass is 32.2. The fourth-order valence-electron chi connectivity index (χ4n) is 2.40. The molecule has 0 aliphatic carbocycles. The van der Waals surface area contributed by atoms with Gasteiger partial charge in [-0.05, 0) is 12.0 Å². The number of amides is 1. The Balaban J connectivity index is 1.67. The van der Waals surface area contributed by atoms with Gasteiger partial charge in [-0.25, -0.2) is 8.42 Å². The predicted molar refractivity (Wildman–Crippen MR) is 86.2 cm³/mol. The molecular formula is C15H23N3O3S. The first-order chi connectivity index (χ1) is 10.5. The van der Waals surface area contributed by atoms with Crippen LogP contribution in [0.15, 0.2) is 30.3 Å². The number of nitrogens with one attached hydrogen (secondary N) is 1. The van der Waals surface area contributed by atoms with Crippen LogP contribution in [0.3, 0.4) is 0 Å². The monoisotopic (exact) mass is 325 g/mol. The molecule has 1 heterocycles. The van der Waals surface area contributed by atoms with Crippen molar-refractivity contribution >= 4 is 15.7 Å². The van der Waals surface area contributed by atoms with Crippen molar-refractivity contribution in [1.29, 1.82) is 0 Å². The maximum Gasteiger partial charge on any atom is 0.237 e. The van der Waals surface area contributed by atoms with Crippen molar-refractivity contribution in [3.63, 3.8) is 0 Å². The molecule has 7 heteroatoms. The van der Waals surface area contributed by atoms with E-state index >= 15 is 0 Å². The number of nitrogens with zero attached hydrogens (tertiary/aromatic N) is 1. The zero-order valence-corrected chi connectivity index (χ0v) is 13.4. The number of carbonyl (C=O) groups excluding carboxylic acids is 1. The van der Waals surface area contributed by atoms with Gasteiger partial charge >= 0.3 is 0 Å². The van der Waals surface area contributed by atoms with Gasteiger partial charge in [0, 0.05) is 26.2 Å². The van der Waals surface area contributed by atoms with Crippen molar-refractivity contribution in [3.05, 3.63) is 35.9 Å². The average molecular weight is 325 g/mol. The van der Waals surface area contributed by atoms with Gasteiger partial charge in [-0.3, -0.25) is 9.69 Å². The number of hydrogen-bond acceptors (Lipinski definition) is 5. The van der Waals surface area contributed by atoms with Gasteiger partial charge in [0.25, 0.3) is 0 Å². The lowest BCUT2D eigenvalue weighted by atomic mass is 10.1. The van der Waals surface area contributed by atoms with Crippen LogP contribution >= 0.6 is 0 Å². The van der Waals surface area contributed by atoms with Crippen molar-refractivity contribution < 1.29 is 13.2 Å². The number of benzene rings is 1. The van der Waals surface area contributed by atoms with Crippen LogP contribution in [0.1, 0.15) is 5.56 Å². The molecule has 22 heavy (non-hydrogen) atoms. The number of hydrogen-bond donors (Lipinski definition) is 2. The third-order valence-corrected chi connectivity index (χ3v) is 5.41. The van der Waals surface area contributed by atoms with Gasteiger partial charge in [-0.15, -0.1) is 0 Å². The van der Waals surface area contributed by atoms with Gasteiger partial charge in [-0.1, -0.05) is 30.3 Å². The van der Waals surface area contributed by atoms with Crippen LogP contribution in [-0.2, 0) is 21.1 Å². The molecule has 1 aromatic rings. The Kier molecular flexibility index (Phi) is 5.93. The highest BCUT2D eigenvalue weighted by Gasteiger charge is 2.21. The molecule has 122 valence electrons. The highest BCUT2D eigenvalue weighted by Crippen LogP contribution is 2.03. The van der Waals surface area contributed by atoms with Crippen LogP contribution in [0.5, 0.6) is 0 Å². The summed E-state index contributed by atoms with van der Waals surface area (Å²) in [5.74, 6) is 0.233. The van der Waals surface area contributed by atoms with Gasteiger partial charge in [0.2, 0.25) is 5.91 Å². The Morgan fingerprint density at radius 1 is 1.23 bits per heavy atom. The minimum atomic E-state index is -2.85. The summed E-state index contributed by atoms with van der Waals surface area (Å²) in [6, 6.07) is 9.09. The first-order valence-electron chi connectivity index (χ1n) is 7.46. The van der Waals surface area contributed by atoms with Crippen molar-refractivity contribution in [3.8, 4) is 0 Å². The minimum absolute atomic E-state index is 0.173. The Hall–Kier alpha value is -1.44. The SMILES string of the molecule is NC(Cc1ccccc1)C(=O)NCCN1CCS(=O)(=O)CC1. The van der Waals surface area contributed by atoms with Crippen LogP contribution in [0.4, 0.5) is 0 Å². The average Bonchev–Trinajstić information content (AvgIpc) is 2.50. The molecule has 6 nitrogen and oxygen atoms in total. The fourth-order valence-corrected chi connectivity index (χ4v) is 3.68. The van der Waals surface area contributed by atoms with Crippen molar-refractivity contribution in [1.82, 2.24) is 10.2 Å². The van der Waals surface area contributed by atoms with E-state index in [-0.39, 0.29) is 17.4 Å². The first-order valence-corrected chi connectivity index (χ1v) is 9.28. The molecule has 1 aromatic carbocycles. The number of rotatable bonds is 6. The summed E-state index contributed by atoms with van der Waals surface area (Å²) < 4.78 is 22.7. The maximum absolute atomic E-state index is 11.9. The van der Waals surface area contributed by atoms with E-state index in [2.05, 4.69) is 5.32 Å². The van der Waals surface area contributed by atoms with Crippen LogP contribution in [0.2, 0.25) is 0 Å². The smallest absolute Gasteiger partial charge is 0.237 e. The summed E-state index contributed by atoms with van der Waals surface area (Å²) in [4.78, 5) is 14.0. The zero-order valence-electron chi connectivity index (χ0n) is 12.6. The molecule has 1 fully saturated rings. The first kappa shape index (κ1) is 16.9. The molecule has 1 aliphatic rings. The van der Waals surface area contributed by atoms with E-state index in [0.717, 1.165) is 5.56 Å².